The minimum atomic E-state index is -1.28. The summed E-state index contributed by atoms with van der Waals surface area (Å²) in [5.74, 6) is -0.602. The highest BCUT2D eigenvalue weighted by Gasteiger charge is 2.43. The maximum absolute atomic E-state index is 13.8. The van der Waals surface area contributed by atoms with Crippen LogP contribution >= 0.6 is 11.6 Å². The van der Waals surface area contributed by atoms with Gasteiger partial charge in [-0.1, -0.05) is 17.7 Å². The van der Waals surface area contributed by atoms with E-state index in [4.69, 9.17) is 16.3 Å². The van der Waals surface area contributed by atoms with E-state index < -0.39 is 17.3 Å². The summed E-state index contributed by atoms with van der Waals surface area (Å²) in [6, 6.07) is 6.25. The Labute approximate surface area is 110 Å². The van der Waals surface area contributed by atoms with Gasteiger partial charge in [0.2, 0.25) is 0 Å². The molecule has 0 radical (unpaired) electrons. The fourth-order valence-electron chi connectivity index (χ4n) is 2.23. The van der Waals surface area contributed by atoms with E-state index in [0.29, 0.717) is 19.4 Å². The maximum Gasteiger partial charge on any atom is 0.130 e. The van der Waals surface area contributed by atoms with E-state index in [1.807, 2.05) is 0 Å². The van der Waals surface area contributed by atoms with E-state index in [-0.39, 0.29) is 17.2 Å². The summed E-state index contributed by atoms with van der Waals surface area (Å²) in [6.07, 6.45) is -0.150. The first-order chi connectivity index (χ1) is 8.60. The molecule has 1 saturated heterocycles. The van der Waals surface area contributed by atoms with Crippen molar-refractivity contribution in [3.8, 4) is 6.07 Å². The second kappa shape index (κ2) is 5.23. The SMILES string of the molecule is N#CC1(C(O)c2c(F)cccc2Cl)CCCOC1. The zero-order valence-corrected chi connectivity index (χ0v) is 10.5. The standard InChI is InChI=1S/C13H13ClFNO2/c14-9-3-1-4-10(15)11(9)12(17)13(7-16)5-2-6-18-8-13/h1,3-4,12,17H,2,5-6,8H2. The van der Waals surface area contributed by atoms with Crippen LogP contribution in [-0.2, 0) is 4.74 Å². The average Bonchev–Trinajstić information content (AvgIpc) is 2.39. The molecule has 0 spiro atoms. The van der Waals surface area contributed by atoms with Gasteiger partial charge in [-0.2, -0.15) is 5.26 Å². The molecule has 0 aliphatic carbocycles. The highest BCUT2D eigenvalue weighted by Crippen LogP contribution is 2.43. The molecular weight excluding hydrogens is 257 g/mol. The minimum Gasteiger partial charge on any atom is -0.386 e. The smallest absolute Gasteiger partial charge is 0.130 e. The van der Waals surface area contributed by atoms with Crippen LogP contribution in [-0.4, -0.2) is 18.3 Å². The van der Waals surface area contributed by atoms with Crippen LogP contribution in [0.1, 0.15) is 24.5 Å². The molecule has 3 nitrogen and oxygen atoms in total. The van der Waals surface area contributed by atoms with Gasteiger partial charge in [0.25, 0.3) is 0 Å². The van der Waals surface area contributed by atoms with Gasteiger partial charge in [0.1, 0.15) is 17.3 Å². The molecule has 2 rings (SSSR count). The summed E-state index contributed by atoms with van der Waals surface area (Å²) in [6.45, 7) is 0.649. The minimum absolute atomic E-state index is 0.0220. The van der Waals surface area contributed by atoms with E-state index in [1.54, 1.807) is 0 Å². The Morgan fingerprint density at radius 1 is 1.56 bits per heavy atom. The van der Waals surface area contributed by atoms with Crippen LogP contribution in [0.15, 0.2) is 18.2 Å². The van der Waals surface area contributed by atoms with Gasteiger partial charge in [0.05, 0.1) is 12.7 Å². The average molecular weight is 270 g/mol. The first-order valence-corrected chi connectivity index (χ1v) is 6.09. The first kappa shape index (κ1) is 13.3. The molecule has 96 valence electrons. The lowest BCUT2D eigenvalue weighted by Crippen LogP contribution is -2.37. The Bertz CT molecular complexity index is 460. The van der Waals surface area contributed by atoms with Crippen molar-refractivity contribution >= 4 is 11.6 Å². The van der Waals surface area contributed by atoms with Gasteiger partial charge in [-0.25, -0.2) is 4.39 Å². The van der Waals surface area contributed by atoms with Gasteiger partial charge < -0.3 is 9.84 Å². The molecule has 1 aliphatic rings. The van der Waals surface area contributed by atoms with Crippen LogP contribution in [0.5, 0.6) is 0 Å². The van der Waals surface area contributed by atoms with Gasteiger partial charge >= 0.3 is 0 Å². The van der Waals surface area contributed by atoms with E-state index in [2.05, 4.69) is 6.07 Å². The third kappa shape index (κ3) is 2.22. The van der Waals surface area contributed by atoms with Crippen LogP contribution in [0.2, 0.25) is 5.02 Å². The molecule has 0 aromatic heterocycles. The van der Waals surface area contributed by atoms with E-state index in [0.717, 1.165) is 0 Å². The third-order valence-corrected chi connectivity index (χ3v) is 3.62. The predicted molar refractivity (Wildman–Crippen MR) is 64.5 cm³/mol. The fraction of sp³-hybridized carbons (Fsp3) is 0.462. The lowest BCUT2D eigenvalue weighted by atomic mass is 9.76. The van der Waals surface area contributed by atoms with E-state index in [1.165, 1.54) is 18.2 Å². The summed E-state index contributed by atoms with van der Waals surface area (Å²) in [5, 5.41) is 19.8. The molecular formula is C13H13ClFNO2. The lowest BCUT2D eigenvalue weighted by molar-refractivity contribution is -0.0516. The predicted octanol–water partition coefficient (Wildman–Crippen LogP) is 2.83. The molecule has 0 bridgehead atoms. The molecule has 2 atom stereocenters. The largest absolute Gasteiger partial charge is 0.386 e. The van der Waals surface area contributed by atoms with Gasteiger partial charge in [0, 0.05) is 17.2 Å². The van der Waals surface area contributed by atoms with Crippen molar-refractivity contribution in [2.75, 3.05) is 13.2 Å². The van der Waals surface area contributed by atoms with Crippen LogP contribution < -0.4 is 0 Å². The van der Waals surface area contributed by atoms with Gasteiger partial charge in [0.15, 0.2) is 0 Å². The number of nitriles is 1. The molecule has 0 amide bonds. The quantitative estimate of drug-likeness (QED) is 0.898. The first-order valence-electron chi connectivity index (χ1n) is 5.72. The topological polar surface area (TPSA) is 53.2 Å². The molecule has 18 heavy (non-hydrogen) atoms. The number of aliphatic hydroxyl groups is 1. The molecule has 1 fully saturated rings. The van der Waals surface area contributed by atoms with Crippen LogP contribution in [0.25, 0.3) is 0 Å². The molecule has 0 saturated carbocycles. The van der Waals surface area contributed by atoms with Crippen molar-refractivity contribution in [2.45, 2.75) is 18.9 Å². The van der Waals surface area contributed by atoms with Gasteiger partial charge in [-0.3, -0.25) is 0 Å². The Kier molecular flexibility index (Phi) is 3.86. The van der Waals surface area contributed by atoms with Gasteiger partial charge in [-0.15, -0.1) is 0 Å². The molecule has 5 heteroatoms. The summed E-state index contributed by atoms with van der Waals surface area (Å²) in [7, 11) is 0. The molecule has 1 heterocycles. The highest BCUT2D eigenvalue weighted by molar-refractivity contribution is 6.31. The number of aliphatic hydroxyl groups excluding tert-OH is 1. The monoisotopic (exact) mass is 269 g/mol. The number of ether oxygens (including phenoxy) is 1. The second-order valence-electron chi connectivity index (χ2n) is 4.46. The summed E-state index contributed by atoms with van der Waals surface area (Å²) < 4.78 is 19.0. The second-order valence-corrected chi connectivity index (χ2v) is 4.87. The van der Waals surface area contributed by atoms with E-state index in [9.17, 15) is 14.8 Å². The van der Waals surface area contributed by atoms with Crippen LogP contribution in [0.3, 0.4) is 0 Å². The number of rotatable bonds is 2. The Balaban J connectivity index is 2.41. The molecule has 1 aromatic carbocycles. The molecule has 1 aliphatic heterocycles. The van der Waals surface area contributed by atoms with Crippen molar-refractivity contribution in [3.63, 3.8) is 0 Å². The van der Waals surface area contributed by atoms with Crippen molar-refractivity contribution < 1.29 is 14.2 Å². The van der Waals surface area contributed by atoms with Gasteiger partial charge in [-0.05, 0) is 25.0 Å². The number of hydrogen-bond donors (Lipinski definition) is 1. The van der Waals surface area contributed by atoms with Crippen molar-refractivity contribution in [3.05, 3.63) is 34.6 Å². The highest BCUT2D eigenvalue weighted by atomic mass is 35.5. The third-order valence-electron chi connectivity index (χ3n) is 3.29. The maximum atomic E-state index is 13.8. The lowest BCUT2D eigenvalue weighted by Gasteiger charge is -2.35. The summed E-state index contributed by atoms with van der Waals surface area (Å²) >= 11 is 5.91. The fourth-order valence-corrected chi connectivity index (χ4v) is 2.50. The van der Waals surface area contributed by atoms with Crippen molar-refractivity contribution in [1.29, 1.82) is 5.26 Å². The Morgan fingerprint density at radius 3 is 2.89 bits per heavy atom. The normalized spacial score (nSPS) is 25.4. The Hall–Kier alpha value is -1.15. The molecule has 1 aromatic rings. The Morgan fingerprint density at radius 2 is 2.33 bits per heavy atom. The summed E-state index contributed by atoms with van der Waals surface area (Å²) in [5.41, 5.74) is -1.14. The zero-order chi connectivity index (χ0) is 13.2. The van der Waals surface area contributed by atoms with Crippen LogP contribution in [0.4, 0.5) is 4.39 Å². The summed E-state index contributed by atoms with van der Waals surface area (Å²) in [4.78, 5) is 0. The molecule has 1 N–H and O–H groups in total. The zero-order valence-electron chi connectivity index (χ0n) is 9.70. The van der Waals surface area contributed by atoms with E-state index >= 15 is 0 Å². The number of benzene rings is 1. The number of halogens is 2. The number of hydrogen-bond acceptors (Lipinski definition) is 3. The van der Waals surface area contributed by atoms with Crippen molar-refractivity contribution in [2.24, 2.45) is 5.41 Å². The van der Waals surface area contributed by atoms with Crippen LogP contribution in [0, 0.1) is 22.6 Å². The van der Waals surface area contributed by atoms with Crippen molar-refractivity contribution in [1.82, 2.24) is 0 Å². The number of nitrogens with zero attached hydrogens (tertiary/aromatic N) is 1. The molecule has 2 unspecified atom stereocenters.